The van der Waals surface area contributed by atoms with E-state index < -0.39 is 11.7 Å². The predicted molar refractivity (Wildman–Crippen MR) is 107 cm³/mol. The molecule has 7 nitrogen and oxygen atoms in total. The van der Waals surface area contributed by atoms with Crippen LogP contribution in [0.25, 0.3) is 0 Å². The molecule has 1 aromatic heterocycles. The van der Waals surface area contributed by atoms with Gasteiger partial charge in [-0.15, -0.1) is 0 Å². The summed E-state index contributed by atoms with van der Waals surface area (Å²) in [7, 11) is 1.74. The minimum absolute atomic E-state index is 0.0634. The molecule has 0 bridgehead atoms. The van der Waals surface area contributed by atoms with E-state index in [-0.39, 0.29) is 6.04 Å². The summed E-state index contributed by atoms with van der Waals surface area (Å²) in [5, 5.41) is 6.44. The summed E-state index contributed by atoms with van der Waals surface area (Å²) in [6, 6.07) is 2.38. The van der Waals surface area contributed by atoms with Crippen molar-refractivity contribution in [1.29, 1.82) is 0 Å². The van der Waals surface area contributed by atoms with Crippen molar-refractivity contribution in [3.8, 4) is 0 Å². The second kappa shape index (κ2) is 10.0. The molecule has 0 saturated carbocycles. The lowest BCUT2D eigenvalue weighted by Crippen LogP contribution is -2.40. The van der Waals surface area contributed by atoms with Crippen molar-refractivity contribution in [2.45, 2.75) is 58.2 Å². The van der Waals surface area contributed by atoms with E-state index in [1.54, 1.807) is 25.6 Å². The summed E-state index contributed by atoms with van der Waals surface area (Å²) in [4.78, 5) is 18.8. The van der Waals surface area contributed by atoms with Gasteiger partial charge in [-0.25, -0.2) is 4.79 Å². The minimum atomic E-state index is -0.532. The topological polar surface area (TPSA) is 75.7 Å². The summed E-state index contributed by atoms with van der Waals surface area (Å²) in [5.74, 6) is 0. The molecule has 27 heavy (non-hydrogen) atoms. The maximum absolute atomic E-state index is 12.1. The molecule has 152 valence electrons. The fourth-order valence-electron chi connectivity index (χ4n) is 3.33. The summed E-state index contributed by atoms with van der Waals surface area (Å²) < 4.78 is 10.6. The van der Waals surface area contributed by atoms with E-state index in [0.717, 1.165) is 37.5 Å². The zero-order valence-corrected chi connectivity index (χ0v) is 17.2. The van der Waals surface area contributed by atoms with Gasteiger partial charge in [0, 0.05) is 50.2 Å². The molecule has 1 aliphatic heterocycles. The van der Waals surface area contributed by atoms with Gasteiger partial charge >= 0.3 is 6.09 Å². The third-order valence-corrected chi connectivity index (χ3v) is 4.70. The van der Waals surface area contributed by atoms with Crippen LogP contribution in [0.5, 0.6) is 0 Å². The van der Waals surface area contributed by atoms with Crippen LogP contribution in [0.4, 0.5) is 10.5 Å². The highest BCUT2D eigenvalue weighted by atomic mass is 16.6. The van der Waals surface area contributed by atoms with Gasteiger partial charge in [0.1, 0.15) is 5.60 Å². The molecular weight excluding hydrogens is 344 g/mol. The van der Waals surface area contributed by atoms with E-state index in [2.05, 4.69) is 27.4 Å². The third kappa shape index (κ3) is 7.08. The van der Waals surface area contributed by atoms with Crippen LogP contribution in [0.2, 0.25) is 0 Å². The first-order valence-corrected chi connectivity index (χ1v) is 9.70. The van der Waals surface area contributed by atoms with Crippen LogP contribution >= 0.6 is 0 Å². The number of hydrogen-bond acceptors (Lipinski definition) is 6. The van der Waals surface area contributed by atoms with E-state index in [1.807, 2.05) is 20.8 Å². The van der Waals surface area contributed by atoms with Crippen LogP contribution in [0, 0.1) is 0 Å². The molecule has 0 aliphatic carbocycles. The summed E-state index contributed by atoms with van der Waals surface area (Å²) in [5.41, 5.74) is 1.14. The van der Waals surface area contributed by atoms with Crippen molar-refractivity contribution in [3.63, 3.8) is 0 Å². The van der Waals surface area contributed by atoms with E-state index >= 15 is 0 Å². The largest absolute Gasteiger partial charge is 0.444 e. The standard InChI is InChI=1S/C20H34N4O3/c1-15(22-13-16-7-6-10-24(16)11-12-26-5)17-14-21-9-8-18(17)23-19(25)27-20(2,3)4/h8-9,14-16,22H,6-7,10-13H2,1-5H3,(H,21,23,25)/t15-,16+/m1/s1. The van der Waals surface area contributed by atoms with Crippen LogP contribution in [0.3, 0.4) is 0 Å². The van der Waals surface area contributed by atoms with Crippen molar-refractivity contribution in [2.24, 2.45) is 0 Å². The van der Waals surface area contributed by atoms with E-state index in [1.165, 1.54) is 12.8 Å². The van der Waals surface area contributed by atoms with Gasteiger partial charge in [0.15, 0.2) is 0 Å². The summed E-state index contributed by atoms with van der Waals surface area (Å²) in [6.45, 7) is 11.4. The molecular formula is C20H34N4O3. The molecule has 1 amide bonds. The van der Waals surface area contributed by atoms with Crippen molar-refractivity contribution in [1.82, 2.24) is 15.2 Å². The van der Waals surface area contributed by atoms with Gasteiger partial charge in [0.25, 0.3) is 0 Å². The van der Waals surface area contributed by atoms with Crippen LogP contribution in [-0.4, -0.2) is 61.0 Å². The number of pyridine rings is 1. The molecule has 1 aromatic rings. The van der Waals surface area contributed by atoms with Gasteiger partial charge in [-0.3, -0.25) is 15.2 Å². The molecule has 2 N–H and O–H groups in total. The Labute approximate surface area is 162 Å². The second-order valence-electron chi connectivity index (χ2n) is 8.04. The average Bonchev–Trinajstić information content (AvgIpc) is 3.04. The van der Waals surface area contributed by atoms with Gasteiger partial charge in [-0.05, 0) is 53.1 Å². The zero-order valence-electron chi connectivity index (χ0n) is 17.2. The predicted octanol–water partition coefficient (Wildman–Crippen LogP) is 3.19. The van der Waals surface area contributed by atoms with Gasteiger partial charge in [0.05, 0.1) is 12.3 Å². The Morgan fingerprint density at radius 2 is 2.22 bits per heavy atom. The number of rotatable bonds is 8. The fraction of sp³-hybridized carbons (Fsp3) is 0.700. The highest BCUT2D eigenvalue weighted by molar-refractivity contribution is 5.85. The van der Waals surface area contributed by atoms with Gasteiger partial charge < -0.3 is 14.8 Å². The molecule has 7 heteroatoms. The number of likely N-dealkylation sites (tertiary alicyclic amines) is 1. The molecule has 1 fully saturated rings. The molecule has 0 spiro atoms. The fourth-order valence-corrected chi connectivity index (χ4v) is 3.33. The zero-order chi connectivity index (χ0) is 19.9. The lowest BCUT2D eigenvalue weighted by molar-refractivity contribution is 0.0635. The third-order valence-electron chi connectivity index (χ3n) is 4.70. The van der Waals surface area contributed by atoms with Crippen LogP contribution in [0.1, 0.15) is 52.1 Å². The van der Waals surface area contributed by atoms with E-state index in [0.29, 0.717) is 6.04 Å². The number of carbonyl (C=O) groups is 1. The number of methoxy groups -OCH3 is 1. The quantitative estimate of drug-likeness (QED) is 0.724. The Kier molecular flexibility index (Phi) is 8.01. The van der Waals surface area contributed by atoms with Crippen LogP contribution in [-0.2, 0) is 9.47 Å². The minimum Gasteiger partial charge on any atom is -0.444 e. The first-order valence-electron chi connectivity index (χ1n) is 9.70. The molecule has 2 heterocycles. The lowest BCUT2D eigenvalue weighted by Gasteiger charge is -2.26. The van der Waals surface area contributed by atoms with Gasteiger partial charge in [-0.2, -0.15) is 0 Å². The van der Waals surface area contributed by atoms with E-state index in [4.69, 9.17) is 9.47 Å². The molecule has 1 saturated heterocycles. The lowest BCUT2D eigenvalue weighted by atomic mass is 10.1. The van der Waals surface area contributed by atoms with Crippen molar-refractivity contribution < 1.29 is 14.3 Å². The number of carbonyl (C=O) groups excluding carboxylic acids is 1. The number of amides is 1. The number of ether oxygens (including phenoxy) is 2. The number of hydrogen-bond donors (Lipinski definition) is 2. The molecule has 0 aromatic carbocycles. The Morgan fingerprint density at radius 1 is 1.44 bits per heavy atom. The highest BCUT2D eigenvalue weighted by Crippen LogP contribution is 2.23. The summed E-state index contributed by atoms with van der Waals surface area (Å²) >= 11 is 0. The number of anilines is 1. The summed E-state index contributed by atoms with van der Waals surface area (Å²) in [6.07, 6.45) is 5.43. The molecule has 0 unspecified atom stereocenters. The Balaban J connectivity index is 1.94. The molecule has 0 radical (unpaired) electrons. The van der Waals surface area contributed by atoms with Gasteiger partial charge in [0.2, 0.25) is 0 Å². The number of aromatic nitrogens is 1. The Morgan fingerprint density at radius 3 is 2.93 bits per heavy atom. The van der Waals surface area contributed by atoms with Crippen LogP contribution < -0.4 is 10.6 Å². The van der Waals surface area contributed by atoms with Crippen molar-refractivity contribution in [3.05, 3.63) is 24.0 Å². The Hall–Kier alpha value is -1.70. The highest BCUT2D eigenvalue weighted by Gasteiger charge is 2.25. The first-order chi connectivity index (χ1) is 12.8. The van der Waals surface area contributed by atoms with Crippen molar-refractivity contribution in [2.75, 3.05) is 38.7 Å². The monoisotopic (exact) mass is 378 g/mol. The molecule has 2 atom stereocenters. The smallest absolute Gasteiger partial charge is 0.412 e. The molecule has 1 aliphatic rings. The normalized spacial score (nSPS) is 19.1. The van der Waals surface area contributed by atoms with Crippen molar-refractivity contribution >= 4 is 11.8 Å². The Bertz CT molecular complexity index is 603. The maximum atomic E-state index is 12.1. The first kappa shape index (κ1) is 21.6. The SMILES string of the molecule is COCCN1CCC[C@H]1CN[C@H](C)c1cnccc1NC(=O)OC(C)(C)C. The maximum Gasteiger partial charge on any atom is 0.412 e. The van der Waals surface area contributed by atoms with Crippen LogP contribution in [0.15, 0.2) is 18.5 Å². The average molecular weight is 379 g/mol. The van der Waals surface area contributed by atoms with E-state index in [9.17, 15) is 4.79 Å². The second-order valence-corrected chi connectivity index (χ2v) is 8.04. The van der Waals surface area contributed by atoms with Gasteiger partial charge in [-0.1, -0.05) is 0 Å². The number of nitrogens with one attached hydrogen (secondary N) is 2. The molecule has 2 rings (SSSR count). The number of nitrogens with zero attached hydrogens (tertiary/aromatic N) is 2.